The molecule has 0 aliphatic heterocycles. The van der Waals surface area contributed by atoms with Crippen molar-refractivity contribution in [2.24, 2.45) is 0 Å². The summed E-state index contributed by atoms with van der Waals surface area (Å²) in [6.45, 7) is 4.66. The fraction of sp³-hybridized carbons (Fsp3) is 0.0612. The molecule has 1 aromatic heterocycles. The van der Waals surface area contributed by atoms with Gasteiger partial charge >= 0.3 is 0 Å². The van der Waals surface area contributed by atoms with Gasteiger partial charge in [-0.05, 0) is 83.9 Å². The molecule has 9 aromatic rings. The number of benzene rings is 8. The van der Waals surface area contributed by atoms with Gasteiger partial charge in [0.1, 0.15) is 0 Å². The molecule has 1 aliphatic carbocycles. The van der Waals surface area contributed by atoms with Crippen LogP contribution in [0.4, 0.5) is 0 Å². The van der Waals surface area contributed by atoms with Crippen molar-refractivity contribution in [2.45, 2.75) is 19.3 Å². The Bertz CT molecular complexity index is 2830. The predicted molar refractivity (Wildman–Crippen MR) is 214 cm³/mol. The van der Waals surface area contributed by atoms with Gasteiger partial charge in [0.15, 0.2) is 5.82 Å². The van der Waals surface area contributed by atoms with Crippen molar-refractivity contribution < 1.29 is 0 Å². The van der Waals surface area contributed by atoms with Gasteiger partial charge in [0.25, 0.3) is 0 Å². The van der Waals surface area contributed by atoms with E-state index in [0.29, 0.717) is 5.82 Å². The molecule has 10 rings (SSSR count). The second-order valence-corrected chi connectivity index (χ2v) is 14.2. The minimum atomic E-state index is -0.0402. The SMILES string of the molecule is CC1(C)c2ccccc2-c2cc(-c3ccccc3-c3cc(-c4c5ccccc5cc5ccc6ccccc6c45)nc(-c4ccccc4)n3)ccc21. The van der Waals surface area contributed by atoms with E-state index in [1.165, 1.54) is 60.1 Å². The van der Waals surface area contributed by atoms with E-state index in [2.05, 4.69) is 178 Å². The minimum Gasteiger partial charge on any atom is -0.228 e. The molecule has 0 saturated heterocycles. The normalized spacial score (nSPS) is 13.1. The quantitative estimate of drug-likeness (QED) is 0.140. The molecule has 0 spiro atoms. The summed E-state index contributed by atoms with van der Waals surface area (Å²) in [6.07, 6.45) is 0. The van der Waals surface area contributed by atoms with Gasteiger partial charge in [0.05, 0.1) is 11.4 Å². The van der Waals surface area contributed by atoms with E-state index < -0.39 is 0 Å². The van der Waals surface area contributed by atoms with Crippen molar-refractivity contribution in [3.63, 3.8) is 0 Å². The second kappa shape index (κ2) is 11.3. The van der Waals surface area contributed by atoms with Crippen molar-refractivity contribution in [1.82, 2.24) is 9.97 Å². The number of nitrogens with zero attached hydrogens (tertiary/aromatic N) is 2. The number of hydrogen-bond donors (Lipinski definition) is 0. The van der Waals surface area contributed by atoms with Gasteiger partial charge in [-0.1, -0.05) is 166 Å². The molecule has 240 valence electrons. The Morgan fingerprint density at radius 1 is 0.392 bits per heavy atom. The van der Waals surface area contributed by atoms with Crippen LogP contribution in [0.1, 0.15) is 25.0 Å². The summed E-state index contributed by atoms with van der Waals surface area (Å²) >= 11 is 0. The van der Waals surface area contributed by atoms with E-state index in [1.54, 1.807) is 0 Å². The zero-order valence-electron chi connectivity index (χ0n) is 28.6. The summed E-state index contributed by atoms with van der Waals surface area (Å²) in [4.78, 5) is 10.7. The maximum Gasteiger partial charge on any atom is 0.160 e. The molecule has 8 aromatic carbocycles. The van der Waals surface area contributed by atoms with Crippen LogP contribution < -0.4 is 0 Å². The third kappa shape index (κ3) is 4.64. The molecular weight excluding hydrogens is 617 g/mol. The van der Waals surface area contributed by atoms with Gasteiger partial charge in [0.2, 0.25) is 0 Å². The lowest BCUT2D eigenvalue weighted by atomic mass is 9.82. The van der Waals surface area contributed by atoms with Crippen LogP contribution >= 0.6 is 0 Å². The first-order valence-corrected chi connectivity index (χ1v) is 17.7. The van der Waals surface area contributed by atoms with Crippen molar-refractivity contribution in [2.75, 3.05) is 0 Å². The fourth-order valence-electron chi connectivity index (χ4n) is 8.38. The van der Waals surface area contributed by atoms with Gasteiger partial charge in [-0.15, -0.1) is 0 Å². The molecule has 1 heterocycles. The molecule has 0 saturated carbocycles. The maximum atomic E-state index is 5.39. The van der Waals surface area contributed by atoms with Gasteiger partial charge in [0, 0.05) is 22.1 Å². The fourth-order valence-corrected chi connectivity index (χ4v) is 8.38. The zero-order valence-corrected chi connectivity index (χ0v) is 28.6. The molecule has 0 amide bonds. The Kier molecular flexibility index (Phi) is 6.56. The van der Waals surface area contributed by atoms with E-state index in [-0.39, 0.29) is 5.41 Å². The van der Waals surface area contributed by atoms with Crippen LogP contribution in [0.25, 0.3) is 88.5 Å². The van der Waals surface area contributed by atoms with Crippen LogP contribution in [0.15, 0.2) is 170 Å². The molecule has 2 heteroatoms. The summed E-state index contributed by atoms with van der Waals surface area (Å²) < 4.78 is 0. The first-order valence-electron chi connectivity index (χ1n) is 17.7. The third-order valence-corrected chi connectivity index (χ3v) is 10.9. The third-order valence-electron chi connectivity index (χ3n) is 10.9. The first-order chi connectivity index (χ1) is 25.0. The molecule has 51 heavy (non-hydrogen) atoms. The molecule has 2 nitrogen and oxygen atoms in total. The molecule has 0 atom stereocenters. The summed E-state index contributed by atoms with van der Waals surface area (Å²) in [5.74, 6) is 0.712. The van der Waals surface area contributed by atoms with E-state index in [1.807, 2.05) is 6.07 Å². The smallest absolute Gasteiger partial charge is 0.160 e. The largest absolute Gasteiger partial charge is 0.228 e. The highest BCUT2D eigenvalue weighted by Gasteiger charge is 2.35. The monoisotopic (exact) mass is 650 g/mol. The van der Waals surface area contributed by atoms with Gasteiger partial charge < -0.3 is 0 Å². The summed E-state index contributed by atoms with van der Waals surface area (Å²) in [5.41, 5.74) is 12.7. The van der Waals surface area contributed by atoms with E-state index in [0.717, 1.165) is 33.6 Å². The molecule has 0 bridgehead atoms. The second-order valence-electron chi connectivity index (χ2n) is 14.2. The van der Waals surface area contributed by atoms with Crippen LogP contribution in [0.5, 0.6) is 0 Å². The van der Waals surface area contributed by atoms with Gasteiger partial charge in [-0.2, -0.15) is 0 Å². The summed E-state index contributed by atoms with van der Waals surface area (Å²) in [5, 5.41) is 7.22. The Balaban J connectivity index is 1.25. The number of hydrogen-bond acceptors (Lipinski definition) is 2. The van der Waals surface area contributed by atoms with Crippen molar-refractivity contribution in [3.8, 4) is 56.2 Å². The van der Waals surface area contributed by atoms with E-state index >= 15 is 0 Å². The average molecular weight is 651 g/mol. The number of aromatic nitrogens is 2. The first kappa shape index (κ1) is 29.5. The van der Waals surface area contributed by atoms with Crippen molar-refractivity contribution >= 4 is 32.3 Å². The lowest BCUT2D eigenvalue weighted by Gasteiger charge is -2.21. The van der Waals surface area contributed by atoms with E-state index in [9.17, 15) is 0 Å². The lowest BCUT2D eigenvalue weighted by molar-refractivity contribution is 0.660. The molecular formula is C49H34N2. The van der Waals surface area contributed by atoms with Crippen LogP contribution in [-0.4, -0.2) is 9.97 Å². The Morgan fingerprint density at radius 2 is 1.02 bits per heavy atom. The maximum absolute atomic E-state index is 5.39. The standard InChI is InChI=1S/C49H34N2/c1-49(2)42-23-13-12-21-39(42)41-29-34(26-27-43(41)49)36-18-10-11-22-40(36)44-30-45(51-48(50-44)32-15-4-3-5-16-32)47-38-20-9-7-17-33(38)28-35-25-24-31-14-6-8-19-37(31)46(35)47/h3-30H,1-2H3. The number of rotatable bonds is 4. The average Bonchev–Trinajstić information content (AvgIpc) is 3.42. The van der Waals surface area contributed by atoms with Crippen molar-refractivity contribution in [1.29, 1.82) is 0 Å². The van der Waals surface area contributed by atoms with Gasteiger partial charge in [-0.3, -0.25) is 0 Å². The summed E-state index contributed by atoms with van der Waals surface area (Å²) in [6, 6.07) is 61.2. The van der Waals surface area contributed by atoms with Crippen LogP contribution in [0, 0.1) is 0 Å². The highest BCUT2D eigenvalue weighted by Crippen LogP contribution is 2.50. The summed E-state index contributed by atoms with van der Waals surface area (Å²) in [7, 11) is 0. The topological polar surface area (TPSA) is 25.8 Å². The molecule has 0 radical (unpaired) electrons. The van der Waals surface area contributed by atoms with Gasteiger partial charge in [-0.25, -0.2) is 9.97 Å². The predicted octanol–water partition coefficient (Wildman–Crippen LogP) is 12.9. The Morgan fingerprint density at radius 3 is 1.86 bits per heavy atom. The van der Waals surface area contributed by atoms with Crippen LogP contribution in [-0.2, 0) is 5.41 Å². The lowest BCUT2D eigenvalue weighted by Crippen LogP contribution is -2.14. The molecule has 1 aliphatic rings. The van der Waals surface area contributed by atoms with Crippen molar-refractivity contribution in [3.05, 3.63) is 181 Å². The Hall–Kier alpha value is -6.38. The highest BCUT2D eigenvalue weighted by molar-refractivity contribution is 6.21. The highest BCUT2D eigenvalue weighted by atomic mass is 14.9. The molecule has 0 fully saturated rings. The van der Waals surface area contributed by atoms with Crippen LogP contribution in [0.3, 0.4) is 0 Å². The molecule has 0 N–H and O–H groups in total. The van der Waals surface area contributed by atoms with E-state index in [4.69, 9.17) is 9.97 Å². The molecule has 0 unspecified atom stereocenters. The Labute approximate surface area is 297 Å². The number of fused-ring (bicyclic) bond motifs is 7. The zero-order chi connectivity index (χ0) is 34.1. The minimum absolute atomic E-state index is 0.0402. The van der Waals surface area contributed by atoms with Crippen LogP contribution in [0.2, 0.25) is 0 Å².